The Bertz CT molecular complexity index is 880. The fourth-order valence-electron chi connectivity index (χ4n) is 3.55. The molecule has 2 aromatic rings. The predicted octanol–water partition coefficient (Wildman–Crippen LogP) is 3.18. The monoisotopic (exact) mass is 402 g/mol. The molecule has 29 heavy (non-hydrogen) atoms. The van der Waals surface area contributed by atoms with E-state index in [9.17, 15) is 18.4 Å². The molecule has 1 aliphatic heterocycles. The molecule has 1 heterocycles. The van der Waals surface area contributed by atoms with Gasteiger partial charge in [0.2, 0.25) is 5.91 Å². The topological polar surface area (TPSA) is 58.6 Å². The van der Waals surface area contributed by atoms with Gasteiger partial charge < -0.3 is 15.0 Å². The number of para-hydroxylation sites is 1. The Hall–Kier alpha value is -2.96. The number of methoxy groups -OCH3 is 1. The summed E-state index contributed by atoms with van der Waals surface area (Å²) in [6, 6.07) is 10.6. The summed E-state index contributed by atoms with van der Waals surface area (Å²) in [6.45, 7) is 1.22. The van der Waals surface area contributed by atoms with Gasteiger partial charge in [0.1, 0.15) is 17.4 Å². The van der Waals surface area contributed by atoms with Gasteiger partial charge in [-0.05, 0) is 43.0 Å². The molecule has 0 aromatic heterocycles. The standard InChI is InChI=1S/C22H24F2N2O3/c1-29-20-5-3-2-4-15(20)8-11-25-21(27)16-9-12-26(13-10-16)22(28)18-7-6-17(23)14-19(18)24/h2-7,14,16H,8-13H2,1H3,(H,25,27). The number of hydrogen-bond donors (Lipinski definition) is 1. The quantitative estimate of drug-likeness (QED) is 0.808. The summed E-state index contributed by atoms with van der Waals surface area (Å²) in [6.07, 6.45) is 1.68. The lowest BCUT2D eigenvalue weighted by molar-refractivity contribution is -0.126. The van der Waals surface area contributed by atoms with E-state index in [-0.39, 0.29) is 17.4 Å². The molecule has 0 saturated carbocycles. The lowest BCUT2D eigenvalue weighted by atomic mass is 9.95. The van der Waals surface area contributed by atoms with Gasteiger partial charge in [-0.3, -0.25) is 9.59 Å². The molecule has 0 unspecified atom stereocenters. The van der Waals surface area contributed by atoms with Crippen LogP contribution in [0.3, 0.4) is 0 Å². The smallest absolute Gasteiger partial charge is 0.256 e. The van der Waals surface area contributed by atoms with Gasteiger partial charge in [0, 0.05) is 31.6 Å². The molecule has 154 valence electrons. The Labute approximate surface area is 168 Å². The van der Waals surface area contributed by atoms with Crippen LogP contribution in [0.15, 0.2) is 42.5 Å². The minimum Gasteiger partial charge on any atom is -0.496 e. The fourth-order valence-corrected chi connectivity index (χ4v) is 3.55. The third-order valence-corrected chi connectivity index (χ3v) is 5.20. The molecule has 1 fully saturated rings. The van der Waals surface area contributed by atoms with Crippen molar-refractivity contribution in [3.8, 4) is 5.75 Å². The van der Waals surface area contributed by atoms with Crippen LogP contribution in [0, 0.1) is 17.6 Å². The zero-order valence-electron chi connectivity index (χ0n) is 16.3. The molecule has 0 aliphatic carbocycles. The summed E-state index contributed by atoms with van der Waals surface area (Å²) in [5, 5.41) is 2.94. The average molecular weight is 402 g/mol. The summed E-state index contributed by atoms with van der Waals surface area (Å²) in [5.41, 5.74) is 0.878. The van der Waals surface area contributed by atoms with Crippen LogP contribution >= 0.6 is 0 Å². The van der Waals surface area contributed by atoms with Gasteiger partial charge in [0.15, 0.2) is 0 Å². The number of carbonyl (C=O) groups excluding carboxylic acids is 2. The Morgan fingerprint density at radius 1 is 1.14 bits per heavy atom. The average Bonchev–Trinajstić information content (AvgIpc) is 2.73. The third-order valence-electron chi connectivity index (χ3n) is 5.20. The molecule has 0 bridgehead atoms. The number of halogens is 2. The van der Waals surface area contributed by atoms with Crippen LogP contribution in [0.5, 0.6) is 5.75 Å². The number of nitrogens with zero attached hydrogens (tertiary/aromatic N) is 1. The summed E-state index contributed by atoms with van der Waals surface area (Å²) in [5.74, 6) is -1.50. The second-order valence-corrected chi connectivity index (χ2v) is 7.04. The van der Waals surface area contributed by atoms with Gasteiger partial charge in [0.25, 0.3) is 5.91 Å². The van der Waals surface area contributed by atoms with Crippen molar-refractivity contribution in [2.75, 3.05) is 26.7 Å². The largest absolute Gasteiger partial charge is 0.496 e. The van der Waals surface area contributed by atoms with Gasteiger partial charge in [0.05, 0.1) is 12.7 Å². The van der Waals surface area contributed by atoms with Crippen LogP contribution in [-0.4, -0.2) is 43.5 Å². The van der Waals surface area contributed by atoms with Gasteiger partial charge in [-0.25, -0.2) is 8.78 Å². The Kier molecular flexibility index (Phi) is 6.80. The second-order valence-electron chi connectivity index (χ2n) is 7.04. The highest BCUT2D eigenvalue weighted by molar-refractivity contribution is 5.94. The molecule has 2 amide bonds. The first-order valence-corrected chi connectivity index (χ1v) is 9.63. The number of carbonyl (C=O) groups is 2. The Morgan fingerprint density at radius 2 is 1.86 bits per heavy atom. The van der Waals surface area contributed by atoms with Crippen molar-refractivity contribution in [1.29, 1.82) is 0 Å². The number of nitrogens with one attached hydrogen (secondary N) is 1. The molecule has 1 saturated heterocycles. The van der Waals surface area contributed by atoms with Crippen molar-refractivity contribution in [3.05, 3.63) is 65.2 Å². The van der Waals surface area contributed by atoms with Crippen LogP contribution < -0.4 is 10.1 Å². The number of rotatable bonds is 6. The highest BCUT2D eigenvalue weighted by Gasteiger charge is 2.28. The summed E-state index contributed by atoms with van der Waals surface area (Å²) in [7, 11) is 1.62. The van der Waals surface area contributed by atoms with Gasteiger partial charge >= 0.3 is 0 Å². The molecule has 1 aliphatic rings. The van der Waals surface area contributed by atoms with E-state index >= 15 is 0 Å². The maximum absolute atomic E-state index is 13.8. The number of benzene rings is 2. The maximum Gasteiger partial charge on any atom is 0.256 e. The lowest BCUT2D eigenvalue weighted by Gasteiger charge is -2.31. The molecule has 5 nitrogen and oxygen atoms in total. The van der Waals surface area contributed by atoms with Crippen molar-refractivity contribution in [1.82, 2.24) is 10.2 Å². The Balaban J connectivity index is 1.47. The third kappa shape index (κ3) is 5.10. The lowest BCUT2D eigenvalue weighted by Crippen LogP contribution is -2.43. The fraction of sp³-hybridized carbons (Fsp3) is 0.364. The number of ether oxygens (including phenoxy) is 1. The van der Waals surface area contributed by atoms with E-state index in [0.717, 1.165) is 23.4 Å². The highest BCUT2D eigenvalue weighted by Crippen LogP contribution is 2.21. The highest BCUT2D eigenvalue weighted by atomic mass is 19.1. The van der Waals surface area contributed by atoms with Crippen molar-refractivity contribution >= 4 is 11.8 Å². The van der Waals surface area contributed by atoms with E-state index in [1.165, 1.54) is 4.90 Å². The van der Waals surface area contributed by atoms with Crippen LogP contribution in [0.4, 0.5) is 8.78 Å². The predicted molar refractivity (Wildman–Crippen MR) is 105 cm³/mol. The van der Waals surface area contributed by atoms with E-state index in [1.54, 1.807) is 7.11 Å². The van der Waals surface area contributed by atoms with Crippen molar-refractivity contribution in [2.24, 2.45) is 5.92 Å². The van der Waals surface area contributed by atoms with E-state index in [4.69, 9.17) is 4.74 Å². The summed E-state index contributed by atoms with van der Waals surface area (Å²) < 4.78 is 32.2. The second kappa shape index (κ2) is 9.49. The minimum atomic E-state index is -0.869. The van der Waals surface area contributed by atoms with E-state index in [2.05, 4.69) is 5.32 Å². The van der Waals surface area contributed by atoms with Crippen LogP contribution in [-0.2, 0) is 11.2 Å². The first-order chi connectivity index (χ1) is 14.0. The minimum absolute atomic E-state index is 0.0417. The molecule has 7 heteroatoms. The first kappa shape index (κ1) is 20.8. The van der Waals surface area contributed by atoms with Crippen LogP contribution in [0.25, 0.3) is 0 Å². The summed E-state index contributed by atoms with van der Waals surface area (Å²) in [4.78, 5) is 26.4. The molecular weight excluding hydrogens is 378 g/mol. The van der Waals surface area contributed by atoms with Crippen molar-refractivity contribution < 1.29 is 23.1 Å². The first-order valence-electron chi connectivity index (χ1n) is 9.63. The number of piperidine rings is 1. The molecule has 0 atom stereocenters. The Morgan fingerprint density at radius 3 is 2.55 bits per heavy atom. The van der Waals surface area contributed by atoms with Crippen LogP contribution in [0.2, 0.25) is 0 Å². The molecule has 1 N–H and O–H groups in total. The van der Waals surface area contributed by atoms with Crippen molar-refractivity contribution in [3.63, 3.8) is 0 Å². The van der Waals surface area contributed by atoms with Gasteiger partial charge in [-0.2, -0.15) is 0 Å². The molecule has 3 rings (SSSR count). The normalized spacial score (nSPS) is 14.5. The SMILES string of the molecule is COc1ccccc1CCNC(=O)C1CCN(C(=O)c2ccc(F)cc2F)CC1. The van der Waals surface area contributed by atoms with Crippen molar-refractivity contribution in [2.45, 2.75) is 19.3 Å². The molecule has 2 aromatic carbocycles. The molecule has 0 spiro atoms. The maximum atomic E-state index is 13.8. The zero-order valence-corrected chi connectivity index (χ0v) is 16.3. The van der Waals surface area contributed by atoms with Crippen LogP contribution in [0.1, 0.15) is 28.8 Å². The van der Waals surface area contributed by atoms with Gasteiger partial charge in [-0.15, -0.1) is 0 Å². The van der Waals surface area contributed by atoms with E-state index in [1.807, 2.05) is 24.3 Å². The summed E-state index contributed by atoms with van der Waals surface area (Å²) >= 11 is 0. The number of hydrogen-bond acceptors (Lipinski definition) is 3. The van der Waals surface area contributed by atoms with E-state index < -0.39 is 17.5 Å². The molecule has 0 radical (unpaired) electrons. The number of amides is 2. The zero-order chi connectivity index (χ0) is 20.8. The van der Waals surface area contributed by atoms with Gasteiger partial charge in [-0.1, -0.05) is 18.2 Å². The number of likely N-dealkylation sites (tertiary alicyclic amines) is 1. The van der Waals surface area contributed by atoms with E-state index in [0.29, 0.717) is 45.0 Å². The molecular formula is C22H24F2N2O3.